The summed E-state index contributed by atoms with van der Waals surface area (Å²) in [5.74, 6) is 0.592. The molecule has 4 heteroatoms. The van der Waals surface area contributed by atoms with Gasteiger partial charge in [0.1, 0.15) is 0 Å². The van der Waals surface area contributed by atoms with E-state index in [0.717, 1.165) is 32.5 Å². The number of fused-ring (bicyclic) bond motifs is 1. The highest BCUT2D eigenvalue weighted by atomic mass is 16.5. The fraction of sp³-hybridized carbons (Fsp3) is 0.667. The van der Waals surface area contributed by atoms with E-state index < -0.39 is 0 Å². The molecule has 0 radical (unpaired) electrons. The molecular formula is C15H22N2O2. The van der Waals surface area contributed by atoms with Crippen molar-refractivity contribution in [1.82, 2.24) is 9.47 Å². The molecule has 0 saturated heterocycles. The molecule has 1 aromatic heterocycles. The zero-order chi connectivity index (χ0) is 13.2. The van der Waals surface area contributed by atoms with Gasteiger partial charge in [-0.05, 0) is 31.9 Å². The third-order valence-electron chi connectivity index (χ3n) is 4.27. The van der Waals surface area contributed by atoms with Crippen LogP contribution in [-0.2, 0) is 22.6 Å². The number of aromatic nitrogens is 1. The minimum absolute atomic E-state index is 0.114. The van der Waals surface area contributed by atoms with Crippen molar-refractivity contribution in [2.75, 3.05) is 13.2 Å². The van der Waals surface area contributed by atoms with Crippen molar-refractivity contribution in [2.45, 2.75) is 45.4 Å². The Kier molecular flexibility index (Phi) is 3.60. The maximum absolute atomic E-state index is 12.5. The molecule has 2 aliphatic rings. The zero-order valence-corrected chi connectivity index (χ0v) is 11.5. The molecule has 1 aliphatic carbocycles. The molecule has 1 fully saturated rings. The van der Waals surface area contributed by atoms with Crippen LogP contribution in [-0.4, -0.2) is 34.6 Å². The van der Waals surface area contributed by atoms with Crippen LogP contribution >= 0.6 is 0 Å². The number of carbonyl (C=O) groups excluding carboxylic acids is 1. The minimum atomic E-state index is 0.114. The molecule has 1 atom stereocenters. The number of amides is 1. The van der Waals surface area contributed by atoms with E-state index >= 15 is 0 Å². The molecule has 0 aromatic carbocycles. The highest BCUT2D eigenvalue weighted by Crippen LogP contribution is 2.29. The van der Waals surface area contributed by atoms with Crippen LogP contribution in [0.25, 0.3) is 0 Å². The Labute approximate surface area is 114 Å². The molecule has 19 heavy (non-hydrogen) atoms. The van der Waals surface area contributed by atoms with Gasteiger partial charge < -0.3 is 14.2 Å². The van der Waals surface area contributed by atoms with E-state index in [1.165, 1.54) is 12.1 Å². The topological polar surface area (TPSA) is 34.5 Å². The van der Waals surface area contributed by atoms with Gasteiger partial charge >= 0.3 is 0 Å². The number of rotatable bonds is 3. The van der Waals surface area contributed by atoms with E-state index in [0.29, 0.717) is 12.5 Å². The van der Waals surface area contributed by atoms with E-state index in [1.807, 2.05) is 11.8 Å². The fourth-order valence-electron chi connectivity index (χ4n) is 2.98. The van der Waals surface area contributed by atoms with Crippen LogP contribution in [0.5, 0.6) is 0 Å². The first-order valence-corrected chi connectivity index (χ1v) is 7.32. The summed E-state index contributed by atoms with van der Waals surface area (Å²) in [7, 11) is 0. The highest BCUT2D eigenvalue weighted by Gasteiger charge is 2.32. The third kappa shape index (κ3) is 2.54. The molecule has 1 saturated carbocycles. The molecule has 2 heterocycles. The molecular weight excluding hydrogens is 240 g/mol. The lowest BCUT2D eigenvalue weighted by molar-refractivity contribution is -0.140. The summed E-state index contributed by atoms with van der Waals surface area (Å²) in [5, 5.41) is 0. The average Bonchev–Trinajstić information content (AvgIpc) is 2.66. The molecule has 0 spiro atoms. The highest BCUT2D eigenvalue weighted by molar-refractivity contribution is 5.79. The van der Waals surface area contributed by atoms with Crippen molar-refractivity contribution in [3.05, 3.63) is 24.0 Å². The van der Waals surface area contributed by atoms with Gasteiger partial charge in [0.25, 0.3) is 0 Å². The zero-order valence-electron chi connectivity index (χ0n) is 11.5. The Morgan fingerprint density at radius 2 is 2.26 bits per heavy atom. The predicted octanol–water partition coefficient (Wildman–Crippen LogP) is 2.04. The van der Waals surface area contributed by atoms with E-state index in [1.54, 1.807) is 0 Å². The summed E-state index contributed by atoms with van der Waals surface area (Å²) in [6.45, 7) is 5.02. The first-order valence-electron chi connectivity index (χ1n) is 7.32. The fourth-order valence-corrected chi connectivity index (χ4v) is 2.98. The standard InChI is InChI=1S/C15H22N2O2/c1-2-19-14-10-16-8-4-7-13(16)9-17(11-14)15(18)12-5-3-6-12/h4,7-8,12,14H,2-3,5-6,9-11H2,1H3. The number of hydrogen-bond donors (Lipinski definition) is 0. The van der Waals surface area contributed by atoms with Gasteiger partial charge in [0.05, 0.1) is 19.2 Å². The van der Waals surface area contributed by atoms with Crippen molar-refractivity contribution in [3.63, 3.8) is 0 Å². The molecule has 104 valence electrons. The Balaban J connectivity index is 1.77. The van der Waals surface area contributed by atoms with Crippen molar-refractivity contribution in [1.29, 1.82) is 0 Å². The van der Waals surface area contributed by atoms with Gasteiger partial charge in [-0.3, -0.25) is 4.79 Å². The van der Waals surface area contributed by atoms with Crippen LogP contribution in [0.15, 0.2) is 18.3 Å². The number of nitrogens with zero attached hydrogens (tertiary/aromatic N) is 2. The predicted molar refractivity (Wildman–Crippen MR) is 72.6 cm³/mol. The van der Waals surface area contributed by atoms with Gasteiger partial charge in [0, 0.05) is 31.0 Å². The Hall–Kier alpha value is -1.29. The largest absolute Gasteiger partial charge is 0.375 e. The molecule has 0 bridgehead atoms. The Bertz CT molecular complexity index is 451. The first-order chi connectivity index (χ1) is 9.28. The van der Waals surface area contributed by atoms with E-state index in [4.69, 9.17) is 4.74 Å². The van der Waals surface area contributed by atoms with Gasteiger partial charge in [0.15, 0.2) is 0 Å². The summed E-state index contributed by atoms with van der Waals surface area (Å²) in [4.78, 5) is 14.5. The lowest BCUT2D eigenvalue weighted by Crippen LogP contribution is -2.42. The molecule has 1 aliphatic heterocycles. The van der Waals surface area contributed by atoms with Crippen molar-refractivity contribution < 1.29 is 9.53 Å². The smallest absolute Gasteiger partial charge is 0.226 e. The van der Waals surface area contributed by atoms with Crippen molar-refractivity contribution in [3.8, 4) is 0 Å². The molecule has 1 aromatic rings. The van der Waals surface area contributed by atoms with Crippen LogP contribution in [0.2, 0.25) is 0 Å². The number of carbonyl (C=O) groups is 1. The molecule has 0 N–H and O–H groups in total. The quantitative estimate of drug-likeness (QED) is 0.835. The van der Waals surface area contributed by atoms with Crippen molar-refractivity contribution >= 4 is 5.91 Å². The molecule has 1 unspecified atom stereocenters. The first kappa shape index (κ1) is 12.7. The summed E-state index contributed by atoms with van der Waals surface area (Å²) in [5.41, 5.74) is 1.22. The number of hydrogen-bond acceptors (Lipinski definition) is 2. The van der Waals surface area contributed by atoms with E-state index in [-0.39, 0.29) is 12.0 Å². The summed E-state index contributed by atoms with van der Waals surface area (Å²) >= 11 is 0. The van der Waals surface area contributed by atoms with Crippen LogP contribution in [0.1, 0.15) is 31.9 Å². The van der Waals surface area contributed by atoms with Crippen LogP contribution in [0.3, 0.4) is 0 Å². The van der Waals surface area contributed by atoms with Gasteiger partial charge in [-0.1, -0.05) is 6.42 Å². The number of ether oxygens (including phenoxy) is 1. The minimum Gasteiger partial charge on any atom is -0.375 e. The maximum atomic E-state index is 12.5. The molecule has 1 amide bonds. The van der Waals surface area contributed by atoms with E-state index in [9.17, 15) is 4.79 Å². The van der Waals surface area contributed by atoms with Crippen molar-refractivity contribution in [2.24, 2.45) is 5.92 Å². The lowest BCUT2D eigenvalue weighted by Gasteiger charge is -2.32. The SMILES string of the molecule is CCOC1CN(C(=O)C2CCC2)Cc2cccn2C1. The summed E-state index contributed by atoms with van der Waals surface area (Å²) < 4.78 is 8.00. The second kappa shape index (κ2) is 5.37. The van der Waals surface area contributed by atoms with Gasteiger partial charge in [0.2, 0.25) is 5.91 Å². The Morgan fingerprint density at radius 1 is 1.42 bits per heavy atom. The van der Waals surface area contributed by atoms with Gasteiger partial charge in [-0.15, -0.1) is 0 Å². The average molecular weight is 262 g/mol. The van der Waals surface area contributed by atoms with Crippen LogP contribution in [0, 0.1) is 5.92 Å². The van der Waals surface area contributed by atoms with E-state index in [2.05, 4.69) is 22.9 Å². The third-order valence-corrected chi connectivity index (χ3v) is 4.27. The maximum Gasteiger partial charge on any atom is 0.226 e. The van der Waals surface area contributed by atoms with Gasteiger partial charge in [-0.25, -0.2) is 0 Å². The summed E-state index contributed by atoms with van der Waals surface area (Å²) in [6, 6.07) is 4.16. The van der Waals surface area contributed by atoms with Gasteiger partial charge in [-0.2, -0.15) is 0 Å². The summed E-state index contributed by atoms with van der Waals surface area (Å²) in [6.07, 6.45) is 5.53. The van der Waals surface area contributed by atoms with Crippen LogP contribution < -0.4 is 0 Å². The Morgan fingerprint density at radius 3 is 2.95 bits per heavy atom. The normalized spacial score (nSPS) is 23.6. The molecule has 4 nitrogen and oxygen atoms in total. The molecule has 3 rings (SSSR count). The monoisotopic (exact) mass is 262 g/mol. The second-order valence-corrected chi connectivity index (χ2v) is 5.58. The van der Waals surface area contributed by atoms with Crippen LogP contribution in [0.4, 0.5) is 0 Å². The lowest BCUT2D eigenvalue weighted by atomic mass is 9.84. The second-order valence-electron chi connectivity index (χ2n) is 5.58.